The Bertz CT molecular complexity index is 1290. The van der Waals surface area contributed by atoms with Crippen LogP contribution in [0, 0.1) is 13.8 Å². The van der Waals surface area contributed by atoms with Gasteiger partial charge in [0, 0.05) is 24.0 Å². The van der Waals surface area contributed by atoms with Crippen molar-refractivity contribution in [3.8, 4) is 22.6 Å². The van der Waals surface area contributed by atoms with Gasteiger partial charge in [-0.15, -0.1) is 0 Å². The van der Waals surface area contributed by atoms with Crippen LogP contribution in [-0.2, 0) is 6.54 Å². The van der Waals surface area contributed by atoms with Gasteiger partial charge in [0.25, 0.3) is 5.56 Å². The fourth-order valence-electron chi connectivity index (χ4n) is 3.51. The molecule has 2 aromatic heterocycles. The second-order valence-corrected chi connectivity index (χ2v) is 7.30. The summed E-state index contributed by atoms with van der Waals surface area (Å²) in [5.74, 6) is 0.321. The molecule has 0 bridgehead atoms. The normalized spacial score (nSPS) is 11.3. The van der Waals surface area contributed by atoms with Crippen molar-refractivity contribution in [2.45, 2.75) is 20.4 Å². The molecule has 0 saturated carbocycles. The Morgan fingerprint density at radius 3 is 2.48 bits per heavy atom. The van der Waals surface area contributed by atoms with Gasteiger partial charge >= 0.3 is 0 Å². The number of aliphatic hydroxyl groups excluding tert-OH is 1. The third-order valence-electron chi connectivity index (χ3n) is 5.15. The van der Waals surface area contributed by atoms with Crippen LogP contribution in [-0.4, -0.2) is 21.3 Å². The number of nitrogen functional groups attached to an aromatic ring is 1. The van der Waals surface area contributed by atoms with Crippen LogP contribution in [0.5, 0.6) is 0 Å². The number of aromatic nitrogens is 2. The van der Waals surface area contributed by atoms with Gasteiger partial charge in [-0.3, -0.25) is 4.79 Å². The van der Waals surface area contributed by atoms with E-state index in [-0.39, 0.29) is 34.8 Å². The minimum atomic E-state index is -0.353. The van der Waals surface area contributed by atoms with Gasteiger partial charge in [0.2, 0.25) is 5.89 Å². The van der Waals surface area contributed by atoms with Gasteiger partial charge in [0.15, 0.2) is 11.1 Å². The molecule has 6 nitrogen and oxygen atoms in total. The second kappa shape index (κ2) is 7.39. The fourth-order valence-corrected chi connectivity index (χ4v) is 3.76. The number of nitrogens with two attached hydrogens (primary N) is 1. The van der Waals surface area contributed by atoms with E-state index in [0.717, 1.165) is 33.5 Å². The maximum atomic E-state index is 12.6. The standard InChI is InChI=1S/C22H20ClN3O3/c1-12-14(15-6-4-8-18(24)13(15)2)5-3-7-16(12)21-25-19-20(29-21)17(23)11-26(9-10-27)22(19)28/h3-8,11,27H,9-10,24H2,1-2H3. The summed E-state index contributed by atoms with van der Waals surface area (Å²) >= 11 is 6.29. The number of hydrogen-bond donors (Lipinski definition) is 2. The van der Waals surface area contributed by atoms with E-state index in [1.807, 2.05) is 50.2 Å². The Morgan fingerprint density at radius 2 is 1.76 bits per heavy atom. The SMILES string of the molecule is Cc1c(N)cccc1-c1cccc(-c2nc3c(=O)n(CCO)cc(Cl)c3o2)c1C. The number of fused-ring (bicyclic) bond motifs is 1. The zero-order chi connectivity index (χ0) is 20.7. The quantitative estimate of drug-likeness (QED) is 0.493. The molecule has 0 atom stereocenters. The van der Waals surface area contributed by atoms with Crippen molar-refractivity contribution in [2.24, 2.45) is 0 Å². The van der Waals surface area contributed by atoms with Crippen molar-refractivity contribution in [2.75, 3.05) is 12.3 Å². The lowest BCUT2D eigenvalue weighted by molar-refractivity contribution is 0.274. The lowest BCUT2D eigenvalue weighted by atomic mass is 9.93. The summed E-state index contributed by atoms with van der Waals surface area (Å²) in [6.07, 6.45) is 1.46. The van der Waals surface area contributed by atoms with E-state index in [4.69, 9.17) is 26.9 Å². The molecule has 2 aromatic carbocycles. The second-order valence-electron chi connectivity index (χ2n) is 6.89. The molecule has 3 N–H and O–H groups in total. The van der Waals surface area contributed by atoms with E-state index >= 15 is 0 Å². The number of oxazole rings is 1. The topological polar surface area (TPSA) is 94.3 Å². The summed E-state index contributed by atoms with van der Waals surface area (Å²) in [5, 5.41) is 9.42. The number of aliphatic hydroxyl groups is 1. The number of pyridine rings is 1. The molecule has 0 spiro atoms. The van der Waals surface area contributed by atoms with Crippen LogP contribution in [0.3, 0.4) is 0 Å². The fraction of sp³-hybridized carbons (Fsp3) is 0.182. The van der Waals surface area contributed by atoms with Crippen molar-refractivity contribution >= 4 is 28.4 Å². The van der Waals surface area contributed by atoms with Gasteiger partial charge in [-0.25, -0.2) is 4.98 Å². The summed E-state index contributed by atoms with van der Waals surface area (Å²) < 4.78 is 7.21. The van der Waals surface area contributed by atoms with E-state index < -0.39 is 0 Å². The van der Waals surface area contributed by atoms with Crippen LogP contribution in [0.4, 0.5) is 5.69 Å². The number of anilines is 1. The minimum absolute atomic E-state index is 0.139. The molecule has 4 aromatic rings. The van der Waals surface area contributed by atoms with Gasteiger partial charge in [0.05, 0.1) is 6.61 Å². The van der Waals surface area contributed by atoms with E-state index in [9.17, 15) is 4.79 Å². The van der Waals surface area contributed by atoms with E-state index in [1.165, 1.54) is 10.8 Å². The maximum Gasteiger partial charge on any atom is 0.280 e. The molecule has 7 heteroatoms. The Balaban J connectivity index is 1.91. The Labute approximate surface area is 172 Å². The molecule has 0 fully saturated rings. The van der Waals surface area contributed by atoms with Crippen molar-refractivity contribution in [1.29, 1.82) is 0 Å². The highest BCUT2D eigenvalue weighted by atomic mass is 35.5. The summed E-state index contributed by atoms with van der Waals surface area (Å²) in [6, 6.07) is 11.6. The molecule has 0 amide bonds. The van der Waals surface area contributed by atoms with Crippen LogP contribution < -0.4 is 11.3 Å². The molecule has 0 aliphatic heterocycles. The van der Waals surface area contributed by atoms with Crippen molar-refractivity contribution in [3.05, 3.63) is 69.1 Å². The van der Waals surface area contributed by atoms with E-state index in [1.54, 1.807) is 0 Å². The predicted molar refractivity (Wildman–Crippen MR) is 115 cm³/mol. The predicted octanol–water partition coefficient (Wildman–Crippen LogP) is 4.17. The van der Waals surface area contributed by atoms with Crippen LogP contribution in [0.1, 0.15) is 11.1 Å². The summed E-state index contributed by atoms with van der Waals surface area (Å²) in [5.41, 5.74) is 11.6. The maximum absolute atomic E-state index is 12.6. The number of benzene rings is 2. The number of hydrogen-bond acceptors (Lipinski definition) is 5. The molecular formula is C22H20ClN3O3. The van der Waals surface area contributed by atoms with Crippen molar-refractivity contribution in [1.82, 2.24) is 9.55 Å². The Hall–Kier alpha value is -3.09. The van der Waals surface area contributed by atoms with E-state index in [2.05, 4.69) is 4.98 Å². The average molecular weight is 410 g/mol. The van der Waals surface area contributed by atoms with Crippen molar-refractivity contribution in [3.63, 3.8) is 0 Å². The first kappa shape index (κ1) is 19.2. The molecule has 0 radical (unpaired) electrons. The monoisotopic (exact) mass is 409 g/mol. The van der Waals surface area contributed by atoms with Gasteiger partial charge in [-0.05, 0) is 48.2 Å². The lowest BCUT2D eigenvalue weighted by Crippen LogP contribution is -2.21. The summed E-state index contributed by atoms with van der Waals surface area (Å²) in [7, 11) is 0. The average Bonchev–Trinajstić information content (AvgIpc) is 3.15. The molecule has 0 unspecified atom stereocenters. The molecule has 148 valence electrons. The zero-order valence-corrected chi connectivity index (χ0v) is 16.8. The first-order chi connectivity index (χ1) is 13.9. The Kier molecular flexibility index (Phi) is 4.90. The number of halogens is 1. The molecule has 2 heterocycles. The first-order valence-electron chi connectivity index (χ1n) is 9.18. The van der Waals surface area contributed by atoms with Crippen LogP contribution in [0.2, 0.25) is 5.02 Å². The highest BCUT2D eigenvalue weighted by Crippen LogP contribution is 2.36. The molecule has 29 heavy (non-hydrogen) atoms. The largest absolute Gasteiger partial charge is 0.434 e. The van der Waals surface area contributed by atoms with Gasteiger partial charge in [-0.2, -0.15) is 0 Å². The van der Waals surface area contributed by atoms with Gasteiger partial charge in [0.1, 0.15) is 5.02 Å². The number of nitrogens with zero attached hydrogens (tertiary/aromatic N) is 2. The first-order valence-corrected chi connectivity index (χ1v) is 9.56. The van der Waals surface area contributed by atoms with Crippen LogP contribution in [0.25, 0.3) is 33.7 Å². The zero-order valence-electron chi connectivity index (χ0n) is 16.1. The van der Waals surface area contributed by atoms with Crippen LogP contribution in [0.15, 0.2) is 51.8 Å². The van der Waals surface area contributed by atoms with Gasteiger partial charge in [-0.1, -0.05) is 35.9 Å². The third kappa shape index (κ3) is 3.20. The van der Waals surface area contributed by atoms with Crippen molar-refractivity contribution < 1.29 is 9.52 Å². The lowest BCUT2D eigenvalue weighted by Gasteiger charge is -2.13. The van der Waals surface area contributed by atoms with E-state index in [0.29, 0.717) is 5.89 Å². The summed E-state index contributed by atoms with van der Waals surface area (Å²) in [6.45, 7) is 3.93. The third-order valence-corrected chi connectivity index (χ3v) is 5.42. The van der Waals surface area contributed by atoms with Gasteiger partial charge < -0.3 is 19.8 Å². The molecule has 0 aliphatic rings. The molecular weight excluding hydrogens is 390 g/mol. The highest BCUT2D eigenvalue weighted by molar-refractivity contribution is 6.34. The number of rotatable bonds is 4. The van der Waals surface area contributed by atoms with Crippen LogP contribution >= 0.6 is 11.6 Å². The molecule has 0 aliphatic carbocycles. The smallest absolute Gasteiger partial charge is 0.280 e. The highest BCUT2D eigenvalue weighted by Gasteiger charge is 2.19. The molecule has 0 saturated heterocycles. The minimum Gasteiger partial charge on any atom is -0.434 e. The Morgan fingerprint density at radius 1 is 1.10 bits per heavy atom. The summed E-state index contributed by atoms with van der Waals surface area (Å²) in [4.78, 5) is 17.1. The molecule has 4 rings (SSSR count).